The van der Waals surface area contributed by atoms with Gasteiger partial charge < -0.3 is 24.3 Å². The van der Waals surface area contributed by atoms with Gasteiger partial charge in [0.1, 0.15) is 13.2 Å². The molecule has 0 amide bonds. The number of nitrogens with one attached hydrogen (secondary N) is 1. The van der Waals surface area contributed by atoms with Gasteiger partial charge in [-0.05, 0) is 60.7 Å². The van der Waals surface area contributed by atoms with Gasteiger partial charge in [0.2, 0.25) is 0 Å². The van der Waals surface area contributed by atoms with E-state index in [1.54, 1.807) is 72.8 Å². The predicted molar refractivity (Wildman–Crippen MR) is 250 cm³/mol. The first-order chi connectivity index (χ1) is 31.2. The third-order valence-corrected chi connectivity index (χ3v) is 14.8. The highest BCUT2D eigenvalue weighted by atomic mass is 35.5. The number of halogens is 3. The van der Waals surface area contributed by atoms with Crippen molar-refractivity contribution in [2.45, 2.75) is 19.1 Å². The van der Waals surface area contributed by atoms with Crippen molar-refractivity contribution in [1.82, 2.24) is 28.8 Å². The number of hydrogen-bond donors (Lipinski definition) is 1. The summed E-state index contributed by atoms with van der Waals surface area (Å²) in [5.74, 6) is -0.790. The Morgan fingerprint density at radius 1 is 0.697 bits per heavy atom. The highest BCUT2D eigenvalue weighted by Crippen LogP contribution is 2.28. The van der Waals surface area contributed by atoms with Crippen LogP contribution in [0.25, 0.3) is 0 Å². The molecule has 24 heteroatoms. The van der Waals surface area contributed by atoms with Gasteiger partial charge in [-0.15, -0.1) is 12.4 Å². The number of aromatic nitrogens is 2. The van der Waals surface area contributed by atoms with Gasteiger partial charge in [-0.1, -0.05) is 35.3 Å². The van der Waals surface area contributed by atoms with E-state index in [9.17, 15) is 31.2 Å². The first-order valence-electron chi connectivity index (χ1n) is 20.4. The van der Waals surface area contributed by atoms with Crippen LogP contribution in [0.4, 0.5) is 11.4 Å². The van der Waals surface area contributed by atoms with Crippen molar-refractivity contribution in [3.63, 3.8) is 0 Å². The van der Waals surface area contributed by atoms with E-state index in [0.717, 1.165) is 0 Å². The van der Waals surface area contributed by atoms with E-state index in [1.165, 1.54) is 43.8 Å². The lowest BCUT2D eigenvalue weighted by Crippen LogP contribution is -2.59. The van der Waals surface area contributed by atoms with Gasteiger partial charge in [0, 0.05) is 74.8 Å². The average Bonchev–Trinajstić information content (AvgIpc) is 3.29. The number of piperazine rings is 2. The molecule has 0 radical (unpaired) electrons. The number of benzene rings is 2. The van der Waals surface area contributed by atoms with E-state index in [-0.39, 0.29) is 31.3 Å². The molecule has 8 rings (SSSR count). The number of Topliss-reactive ketones (excluding diaryl/α,β-unsaturated/α-hetero) is 1. The molecule has 4 saturated heterocycles. The van der Waals surface area contributed by atoms with Gasteiger partial charge in [0.25, 0.3) is 0 Å². The SMILES string of the molecule is COC(=O)c1ccc(CN(c2cccc(Cl)c2)S(=O)(=O)N2CCN(C3COC3)CC2)nc1.COC(=O)c1ccc(CN(c2cccc(Cl)c2)S(=O)(=O)N2CCNCC2)nc1.Cl.O=C1COC1. The second-order valence-electron chi connectivity index (χ2n) is 14.9. The number of rotatable bonds is 13. The van der Waals surface area contributed by atoms with E-state index in [0.29, 0.717) is 129 Å². The van der Waals surface area contributed by atoms with Crippen LogP contribution in [0.15, 0.2) is 85.2 Å². The zero-order valence-electron chi connectivity index (χ0n) is 36.2. The number of esters is 2. The summed E-state index contributed by atoms with van der Waals surface area (Å²) in [6, 6.07) is 20.1. The molecule has 1 N–H and O–H groups in total. The molecular formula is C42H51Cl3N8O11S2. The summed E-state index contributed by atoms with van der Waals surface area (Å²) in [7, 11) is -5.05. The van der Waals surface area contributed by atoms with Crippen molar-refractivity contribution in [1.29, 1.82) is 0 Å². The highest BCUT2D eigenvalue weighted by molar-refractivity contribution is 7.90. The normalized spacial score (nSPS) is 16.9. The van der Waals surface area contributed by atoms with Crippen molar-refractivity contribution >= 4 is 85.1 Å². The second kappa shape index (κ2) is 24.5. The van der Waals surface area contributed by atoms with Gasteiger partial charge in [0.15, 0.2) is 5.78 Å². The van der Waals surface area contributed by atoms with Crippen molar-refractivity contribution in [2.24, 2.45) is 0 Å². The van der Waals surface area contributed by atoms with Crippen molar-refractivity contribution < 1.29 is 50.2 Å². The zero-order valence-corrected chi connectivity index (χ0v) is 40.1. The second-order valence-corrected chi connectivity index (χ2v) is 19.4. The lowest BCUT2D eigenvalue weighted by Gasteiger charge is -2.43. The predicted octanol–water partition coefficient (Wildman–Crippen LogP) is 3.48. The number of carbonyl (C=O) groups is 3. The molecule has 4 fully saturated rings. The van der Waals surface area contributed by atoms with Crippen LogP contribution in [-0.4, -0.2) is 157 Å². The monoisotopic (exact) mass is 1010 g/mol. The molecule has 358 valence electrons. The van der Waals surface area contributed by atoms with E-state index >= 15 is 0 Å². The molecule has 0 bridgehead atoms. The number of ketones is 1. The topological polar surface area (TPSA) is 210 Å². The molecule has 0 spiro atoms. The van der Waals surface area contributed by atoms with Crippen LogP contribution in [0.2, 0.25) is 10.0 Å². The smallest absolute Gasteiger partial charge is 0.339 e. The van der Waals surface area contributed by atoms with Gasteiger partial charge in [-0.25, -0.2) is 9.59 Å². The Labute approximate surface area is 400 Å². The fourth-order valence-corrected chi connectivity index (χ4v) is 10.3. The number of ether oxygens (including phenoxy) is 4. The number of nitrogens with zero attached hydrogens (tertiary/aromatic N) is 7. The van der Waals surface area contributed by atoms with Gasteiger partial charge >= 0.3 is 32.4 Å². The Morgan fingerprint density at radius 2 is 1.14 bits per heavy atom. The first kappa shape index (κ1) is 52.4. The minimum Gasteiger partial charge on any atom is -0.465 e. The summed E-state index contributed by atoms with van der Waals surface area (Å²) < 4.78 is 78.5. The van der Waals surface area contributed by atoms with E-state index in [2.05, 4.69) is 29.7 Å². The summed E-state index contributed by atoms with van der Waals surface area (Å²) in [6.45, 7) is 6.16. The van der Waals surface area contributed by atoms with Crippen LogP contribution in [-0.2, 0) is 57.3 Å². The zero-order chi connectivity index (χ0) is 46.6. The van der Waals surface area contributed by atoms with Crippen LogP contribution in [0.1, 0.15) is 32.1 Å². The van der Waals surface area contributed by atoms with E-state index in [4.69, 9.17) is 32.7 Å². The Hall–Kier alpha value is -4.52. The summed E-state index contributed by atoms with van der Waals surface area (Å²) in [4.78, 5) is 43.8. The fourth-order valence-electron chi connectivity index (χ4n) is 6.75. The molecule has 4 aromatic rings. The van der Waals surface area contributed by atoms with Crippen LogP contribution >= 0.6 is 35.6 Å². The third kappa shape index (κ3) is 13.8. The molecular weight excluding hydrogens is 963 g/mol. The maximum absolute atomic E-state index is 13.6. The molecule has 4 aliphatic rings. The lowest BCUT2D eigenvalue weighted by atomic mass is 10.2. The van der Waals surface area contributed by atoms with E-state index < -0.39 is 32.4 Å². The number of carbonyl (C=O) groups excluding carboxylic acids is 3. The molecule has 0 atom stereocenters. The molecule has 4 aliphatic heterocycles. The minimum atomic E-state index is -3.84. The molecule has 0 unspecified atom stereocenters. The number of pyridine rings is 2. The van der Waals surface area contributed by atoms with Gasteiger partial charge in [-0.2, -0.15) is 25.4 Å². The maximum Gasteiger partial charge on any atom is 0.339 e. The van der Waals surface area contributed by atoms with Gasteiger partial charge in [0.05, 0.1) is 80.5 Å². The van der Waals surface area contributed by atoms with Crippen LogP contribution < -0.4 is 13.9 Å². The summed E-state index contributed by atoms with van der Waals surface area (Å²) in [5, 5.41) is 4.02. The van der Waals surface area contributed by atoms with Crippen LogP contribution in [0.5, 0.6) is 0 Å². The van der Waals surface area contributed by atoms with Crippen molar-refractivity contribution in [2.75, 3.05) is 102 Å². The largest absolute Gasteiger partial charge is 0.465 e. The Balaban J connectivity index is 0.000000222. The molecule has 2 aromatic heterocycles. The quantitative estimate of drug-likeness (QED) is 0.190. The van der Waals surface area contributed by atoms with E-state index in [1.807, 2.05) is 0 Å². The van der Waals surface area contributed by atoms with Crippen molar-refractivity contribution in [3.8, 4) is 0 Å². The summed E-state index contributed by atoms with van der Waals surface area (Å²) in [5.41, 5.74) is 2.48. The first-order valence-corrected chi connectivity index (χ1v) is 24.0. The number of hydrogen-bond acceptors (Lipinski definition) is 15. The van der Waals surface area contributed by atoms with Crippen molar-refractivity contribution in [3.05, 3.63) is 118 Å². The summed E-state index contributed by atoms with van der Waals surface area (Å²) >= 11 is 12.2. The average molecular weight is 1010 g/mol. The molecule has 0 aliphatic carbocycles. The molecule has 6 heterocycles. The third-order valence-electron chi connectivity index (χ3n) is 10.5. The molecule has 2 aromatic carbocycles. The highest BCUT2D eigenvalue weighted by Gasteiger charge is 2.36. The summed E-state index contributed by atoms with van der Waals surface area (Å²) in [6.07, 6.45) is 2.75. The Bertz CT molecular complexity index is 2470. The number of methoxy groups -OCH3 is 2. The van der Waals surface area contributed by atoms with Crippen LogP contribution in [0.3, 0.4) is 0 Å². The molecule has 0 saturated carbocycles. The minimum absolute atomic E-state index is 0. The maximum atomic E-state index is 13.6. The van der Waals surface area contributed by atoms with Crippen LogP contribution in [0, 0.1) is 0 Å². The molecule has 19 nitrogen and oxygen atoms in total. The number of anilines is 2. The lowest BCUT2D eigenvalue weighted by molar-refractivity contribution is -0.140. The van der Waals surface area contributed by atoms with Gasteiger partial charge in [-0.3, -0.25) is 28.3 Å². The fraction of sp³-hybridized carbons (Fsp3) is 0.405. The standard InChI is InChI=1S/C21H25ClN4O5S.C18H21ClN4O4S.C3H4O2.ClH/c1-30-21(27)16-5-6-18(23-12-16)13-26(19-4-2-3-17(22)11-19)32(28,29)25-9-7-24(8-10-25)20-14-31-15-20;1-27-18(24)14-5-6-16(21-12-14)13-23(17-4-2-3-15(19)11-17)28(25,26)22-9-7-20-8-10-22;4-3-1-5-2-3;/h2-6,11-12,20H,7-10,13-15H2,1H3;2-6,11-12,20H,7-10,13H2,1H3;1-2H2;1H. The Kier molecular flexibility index (Phi) is 19.5. The Morgan fingerprint density at radius 3 is 1.47 bits per heavy atom. The molecule has 66 heavy (non-hydrogen) atoms.